The minimum absolute atomic E-state index is 0.327. The fraction of sp³-hybridized carbons (Fsp3) is 0.375. The van der Waals surface area contributed by atoms with Crippen LogP contribution in [0.1, 0.15) is 42.1 Å². The third-order valence-electron chi connectivity index (χ3n) is 3.56. The van der Waals surface area contributed by atoms with Gasteiger partial charge in [0.2, 0.25) is 0 Å². The van der Waals surface area contributed by atoms with E-state index < -0.39 is 0 Å². The molecule has 4 heteroatoms. The highest BCUT2D eigenvalue weighted by atomic mass is 15.3. The summed E-state index contributed by atoms with van der Waals surface area (Å²) in [5.41, 5.74) is 8.19. The molecule has 1 heterocycles. The van der Waals surface area contributed by atoms with Crippen molar-refractivity contribution < 1.29 is 0 Å². The predicted octanol–water partition coefficient (Wildman–Crippen LogP) is 3.48. The summed E-state index contributed by atoms with van der Waals surface area (Å²) in [6, 6.07) is 6.20. The van der Waals surface area contributed by atoms with E-state index in [1.54, 1.807) is 0 Å². The lowest BCUT2D eigenvalue weighted by Crippen LogP contribution is -2.15. The summed E-state index contributed by atoms with van der Waals surface area (Å²) in [4.78, 5) is 9.31. The van der Waals surface area contributed by atoms with Crippen LogP contribution in [-0.2, 0) is 0 Å². The molecule has 0 aliphatic carbocycles. The van der Waals surface area contributed by atoms with Crippen LogP contribution in [0.4, 0.5) is 5.82 Å². The topological polar surface area (TPSA) is 63.8 Å². The van der Waals surface area contributed by atoms with Crippen molar-refractivity contribution in [3.8, 4) is 11.4 Å². The van der Waals surface area contributed by atoms with Gasteiger partial charge in [-0.1, -0.05) is 32.0 Å². The molecular weight excluding hydrogens is 248 g/mol. The van der Waals surface area contributed by atoms with Crippen molar-refractivity contribution in [2.24, 2.45) is 5.84 Å². The highest BCUT2D eigenvalue weighted by Crippen LogP contribution is 2.30. The Kier molecular flexibility index (Phi) is 4.04. The molecule has 0 aliphatic heterocycles. The molecule has 4 nitrogen and oxygen atoms in total. The van der Waals surface area contributed by atoms with Gasteiger partial charge in [-0.05, 0) is 37.8 Å². The molecule has 1 aromatic heterocycles. The number of nitrogens with one attached hydrogen (secondary N) is 1. The molecule has 2 aromatic rings. The molecule has 20 heavy (non-hydrogen) atoms. The third kappa shape index (κ3) is 2.51. The van der Waals surface area contributed by atoms with Crippen LogP contribution in [-0.4, -0.2) is 9.97 Å². The van der Waals surface area contributed by atoms with Crippen molar-refractivity contribution in [2.75, 3.05) is 5.43 Å². The molecule has 0 aliphatic rings. The molecule has 1 aromatic carbocycles. The quantitative estimate of drug-likeness (QED) is 0.662. The number of nitrogens with zero attached hydrogens (tertiary/aromatic N) is 2. The van der Waals surface area contributed by atoms with E-state index in [0.717, 1.165) is 22.6 Å². The lowest BCUT2D eigenvalue weighted by molar-refractivity contribution is 0.831. The van der Waals surface area contributed by atoms with Crippen LogP contribution in [0.3, 0.4) is 0 Å². The third-order valence-corrected chi connectivity index (χ3v) is 3.56. The van der Waals surface area contributed by atoms with Gasteiger partial charge in [0, 0.05) is 16.8 Å². The normalized spacial score (nSPS) is 10.9. The van der Waals surface area contributed by atoms with Crippen LogP contribution in [0.5, 0.6) is 0 Å². The Labute approximate surface area is 120 Å². The zero-order valence-corrected chi connectivity index (χ0v) is 12.8. The van der Waals surface area contributed by atoms with Gasteiger partial charge >= 0.3 is 0 Å². The number of hydrogen-bond acceptors (Lipinski definition) is 4. The monoisotopic (exact) mass is 270 g/mol. The van der Waals surface area contributed by atoms with E-state index in [1.807, 2.05) is 13.0 Å². The molecule has 0 amide bonds. The van der Waals surface area contributed by atoms with Gasteiger partial charge < -0.3 is 5.43 Å². The Bertz CT molecular complexity index is 612. The average Bonchev–Trinajstić information content (AvgIpc) is 2.37. The molecule has 0 saturated carbocycles. The van der Waals surface area contributed by atoms with Gasteiger partial charge in [-0.2, -0.15) is 0 Å². The lowest BCUT2D eigenvalue weighted by atomic mass is 10.00. The van der Waals surface area contributed by atoms with Gasteiger partial charge in [-0.3, -0.25) is 0 Å². The number of hydrazine groups is 1. The minimum atomic E-state index is 0.327. The predicted molar refractivity (Wildman–Crippen MR) is 83.6 cm³/mol. The first-order valence-corrected chi connectivity index (χ1v) is 6.87. The molecular formula is C16H22N4. The van der Waals surface area contributed by atoms with Crippen molar-refractivity contribution in [1.82, 2.24) is 9.97 Å². The van der Waals surface area contributed by atoms with Crippen molar-refractivity contribution in [3.05, 3.63) is 40.6 Å². The molecule has 0 atom stereocenters. The molecule has 0 bridgehead atoms. The second-order valence-electron chi connectivity index (χ2n) is 5.46. The van der Waals surface area contributed by atoms with E-state index in [2.05, 4.69) is 55.2 Å². The maximum atomic E-state index is 5.64. The number of benzene rings is 1. The standard InChI is InChI=1S/C16H22N4/c1-9(2)13-12(5)18-15(19-16(13)20-17)14-10(3)7-6-8-11(14)4/h6-9H,17H2,1-5H3,(H,18,19,20). The maximum absolute atomic E-state index is 5.64. The van der Waals surface area contributed by atoms with Gasteiger partial charge in [0.15, 0.2) is 5.82 Å². The van der Waals surface area contributed by atoms with Gasteiger partial charge in [0.25, 0.3) is 0 Å². The first-order valence-electron chi connectivity index (χ1n) is 6.87. The van der Waals surface area contributed by atoms with Crippen LogP contribution in [0.25, 0.3) is 11.4 Å². The molecule has 0 radical (unpaired) electrons. The highest BCUT2D eigenvalue weighted by molar-refractivity contribution is 5.67. The summed E-state index contributed by atoms with van der Waals surface area (Å²) in [5.74, 6) is 7.41. The Morgan fingerprint density at radius 3 is 2.15 bits per heavy atom. The van der Waals surface area contributed by atoms with Gasteiger partial charge in [0.05, 0.1) is 0 Å². The van der Waals surface area contributed by atoms with Crippen LogP contribution >= 0.6 is 0 Å². The van der Waals surface area contributed by atoms with E-state index >= 15 is 0 Å². The smallest absolute Gasteiger partial charge is 0.162 e. The SMILES string of the molecule is Cc1cccc(C)c1-c1nc(C)c(C(C)C)c(NN)n1. The fourth-order valence-corrected chi connectivity index (χ4v) is 2.66. The summed E-state index contributed by atoms with van der Waals surface area (Å²) >= 11 is 0. The number of hydrogen-bond donors (Lipinski definition) is 2. The van der Waals surface area contributed by atoms with Crippen molar-refractivity contribution in [2.45, 2.75) is 40.5 Å². The second-order valence-corrected chi connectivity index (χ2v) is 5.46. The van der Waals surface area contributed by atoms with E-state index in [4.69, 9.17) is 5.84 Å². The number of nitrogens with two attached hydrogens (primary N) is 1. The molecule has 0 unspecified atom stereocenters. The first kappa shape index (κ1) is 14.5. The van der Waals surface area contributed by atoms with Gasteiger partial charge in [-0.15, -0.1) is 0 Å². The Hall–Kier alpha value is -1.94. The Morgan fingerprint density at radius 1 is 1.05 bits per heavy atom. The lowest BCUT2D eigenvalue weighted by Gasteiger charge is -2.17. The van der Waals surface area contributed by atoms with Crippen molar-refractivity contribution in [1.29, 1.82) is 0 Å². The molecule has 0 spiro atoms. The zero-order valence-electron chi connectivity index (χ0n) is 12.8. The van der Waals surface area contributed by atoms with Crippen LogP contribution in [0.15, 0.2) is 18.2 Å². The Morgan fingerprint density at radius 2 is 1.65 bits per heavy atom. The van der Waals surface area contributed by atoms with Gasteiger partial charge in [0.1, 0.15) is 5.82 Å². The molecule has 3 N–H and O–H groups in total. The average molecular weight is 270 g/mol. The largest absolute Gasteiger partial charge is 0.308 e. The number of rotatable bonds is 3. The maximum Gasteiger partial charge on any atom is 0.162 e. The van der Waals surface area contributed by atoms with Gasteiger partial charge in [-0.25, -0.2) is 15.8 Å². The Balaban J connectivity index is 2.68. The second kappa shape index (κ2) is 5.59. The van der Waals surface area contributed by atoms with Crippen LogP contribution < -0.4 is 11.3 Å². The molecule has 0 saturated heterocycles. The number of aromatic nitrogens is 2. The van der Waals surface area contributed by atoms with Crippen molar-refractivity contribution in [3.63, 3.8) is 0 Å². The number of aryl methyl sites for hydroxylation is 3. The minimum Gasteiger partial charge on any atom is -0.308 e. The number of nitrogen functional groups attached to an aromatic ring is 1. The highest BCUT2D eigenvalue weighted by Gasteiger charge is 2.16. The molecule has 2 rings (SSSR count). The van der Waals surface area contributed by atoms with Crippen molar-refractivity contribution >= 4 is 5.82 Å². The fourth-order valence-electron chi connectivity index (χ4n) is 2.66. The first-order chi connectivity index (χ1) is 9.45. The summed E-state index contributed by atoms with van der Waals surface area (Å²) in [5, 5.41) is 0. The summed E-state index contributed by atoms with van der Waals surface area (Å²) in [7, 11) is 0. The van der Waals surface area contributed by atoms with E-state index in [1.165, 1.54) is 11.1 Å². The van der Waals surface area contributed by atoms with E-state index in [0.29, 0.717) is 11.7 Å². The zero-order chi connectivity index (χ0) is 14.9. The molecule has 106 valence electrons. The summed E-state index contributed by atoms with van der Waals surface area (Å²) < 4.78 is 0. The van der Waals surface area contributed by atoms with Crippen LogP contribution in [0, 0.1) is 20.8 Å². The number of anilines is 1. The summed E-state index contributed by atoms with van der Waals surface area (Å²) in [6.07, 6.45) is 0. The van der Waals surface area contributed by atoms with E-state index in [-0.39, 0.29) is 0 Å². The molecule has 0 fully saturated rings. The van der Waals surface area contributed by atoms with Crippen LogP contribution in [0.2, 0.25) is 0 Å². The summed E-state index contributed by atoms with van der Waals surface area (Å²) in [6.45, 7) is 10.4. The van der Waals surface area contributed by atoms with E-state index in [9.17, 15) is 0 Å².